The SMILES string of the molecule is IC1CCC(I)OC1. The van der Waals surface area contributed by atoms with Crippen LogP contribution in [0.25, 0.3) is 0 Å². The molecule has 0 aromatic rings. The van der Waals surface area contributed by atoms with E-state index in [2.05, 4.69) is 45.2 Å². The van der Waals surface area contributed by atoms with Crippen molar-refractivity contribution in [1.82, 2.24) is 0 Å². The molecule has 0 amide bonds. The first-order chi connectivity index (χ1) is 3.79. The van der Waals surface area contributed by atoms with E-state index >= 15 is 0 Å². The molecule has 0 aromatic heterocycles. The monoisotopic (exact) mass is 338 g/mol. The summed E-state index contributed by atoms with van der Waals surface area (Å²) in [4.78, 5) is 0. The van der Waals surface area contributed by atoms with Crippen LogP contribution in [0.2, 0.25) is 0 Å². The summed E-state index contributed by atoms with van der Waals surface area (Å²) in [6, 6.07) is 0. The van der Waals surface area contributed by atoms with E-state index in [0.717, 1.165) is 10.5 Å². The fraction of sp³-hybridized carbons (Fsp3) is 1.00. The number of alkyl halides is 2. The van der Waals surface area contributed by atoms with E-state index in [0.29, 0.717) is 4.11 Å². The van der Waals surface area contributed by atoms with Crippen LogP contribution in [-0.4, -0.2) is 14.6 Å². The molecule has 0 radical (unpaired) electrons. The van der Waals surface area contributed by atoms with E-state index in [9.17, 15) is 0 Å². The molecule has 0 N–H and O–H groups in total. The quantitative estimate of drug-likeness (QED) is 0.487. The second-order valence-corrected chi connectivity index (χ2v) is 5.07. The van der Waals surface area contributed by atoms with Gasteiger partial charge in [-0.3, -0.25) is 0 Å². The molecule has 8 heavy (non-hydrogen) atoms. The highest BCUT2D eigenvalue weighted by Gasteiger charge is 2.15. The molecule has 3 heteroatoms. The summed E-state index contributed by atoms with van der Waals surface area (Å²) in [5.74, 6) is 0. The Balaban J connectivity index is 2.19. The van der Waals surface area contributed by atoms with Crippen molar-refractivity contribution in [2.24, 2.45) is 0 Å². The lowest BCUT2D eigenvalue weighted by Gasteiger charge is -2.21. The second-order valence-electron chi connectivity index (χ2n) is 1.92. The third kappa shape index (κ3) is 2.34. The van der Waals surface area contributed by atoms with E-state index in [1.54, 1.807) is 0 Å². The third-order valence-corrected chi connectivity index (χ3v) is 3.13. The zero-order chi connectivity index (χ0) is 5.98. The highest BCUT2D eigenvalue weighted by atomic mass is 127. The summed E-state index contributed by atoms with van der Waals surface area (Å²) < 4.78 is 6.62. The van der Waals surface area contributed by atoms with Crippen molar-refractivity contribution < 1.29 is 4.74 Å². The molecular formula is C5H8I2O. The molecule has 2 atom stereocenters. The normalized spacial score (nSPS) is 39.8. The fourth-order valence-corrected chi connectivity index (χ4v) is 1.82. The van der Waals surface area contributed by atoms with Crippen LogP contribution in [0, 0.1) is 0 Å². The molecular weight excluding hydrogens is 330 g/mol. The van der Waals surface area contributed by atoms with Gasteiger partial charge in [0.2, 0.25) is 0 Å². The molecule has 0 aromatic carbocycles. The Labute approximate surface area is 76.8 Å². The van der Waals surface area contributed by atoms with Crippen LogP contribution in [0.5, 0.6) is 0 Å². The molecule has 1 fully saturated rings. The first-order valence-corrected chi connectivity index (χ1v) is 5.18. The molecule has 1 rings (SSSR count). The molecule has 0 aliphatic carbocycles. The van der Waals surface area contributed by atoms with E-state index in [1.165, 1.54) is 12.8 Å². The maximum Gasteiger partial charge on any atom is 0.108 e. The van der Waals surface area contributed by atoms with E-state index < -0.39 is 0 Å². The molecule has 1 aliphatic rings. The van der Waals surface area contributed by atoms with E-state index in [4.69, 9.17) is 4.74 Å². The van der Waals surface area contributed by atoms with Gasteiger partial charge in [0.05, 0.1) is 6.61 Å². The second kappa shape index (κ2) is 3.55. The van der Waals surface area contributed by atoms with Crippen molar-refractivity contribution in [3.05, 3.63) is 0 Å². The Hall–Kier alpha value is 1.42. The molecule has 1 aliphatic heterocycles. The predicted molar refractivity (Wildman–Crippen MR) is 50.8 cm³/mol. The van der Waals surface area contributed by atoms with Crippen LogP contribution >= 0.6 is 45.2 Å². The van der Waals surface area contributed by atoms with Crippen molar-refractivity contribution in [1.29, 1.82) is 0 Å². The lowest BCUT2D eigenvalue weighted by molar-refractivity contribution is 0.0912. The molecule has 1 nitrogen and oxygen atoms in total. The molecule has 0 bridgehead atoms. The average Bonchev–Trinajstić information content (AvgIpc) is 1.77. The van der Waals surface area contributed by atoms with E-state index in [-0.39, 0.29) is 0 Å². The van der Waals surface area contributed by atoms with Gasteiger partial charge >= 0.3 is 0 Å². The molecule has 0 saturated carbocycles. The van der Waals surface area contributed by atoms with Crippen molar-refractivity contribution in [3.63, 3.8) is 0 Å². The van der Waals surface area contributed by atoms with Crippen molar-refractivity contribution in [2.45, 2.75) is 20.9 Å². The Morgan fingerprint density at radius 1 is 1.25 bits per heavy atom. The van der Waals surface area contributed by atoms with Crippen LogP contribution in [-0.2, 0) is 4.74 Å². The lowest BCUT2D eigenvalue weighted by Crippen LogP contribution is -2.20. The Morgan fingerprint density at radius 2 is 2.00 bits per heavy atom. The van der Waals surface area contributed by atoms with Gasteiger partial charge in [0, 0.05) is 3.92 Å². The maximum atomic E-state index is 5.37. The van der Waals surface area contributed by atoms with Crippen LogP contribution in [0.1, 0.15) is 12.8 Å². The smallest absolute Gasteiger partial charge is 0.108 e. The van der Waals surface area contributed by atoms with Gasteiger partial charge in [0.25, 0.3) is 0 Å². The highest BCUT2D eigenvalue weighted by Crippen LogP contribution is 2.22. The Bertz CT molecular complexity index is 58.8. The van der Waals surface area contributed by atoms with Crippen molar-refractivity contribution >= 4 is 45.2 Å². The summed E-state index contributed by atoms with van der Waals surface area (Å²) in [5, 5.41) is 0. The average molecular weight is 338 g/mol. The first kappa shape index (κ1) is 7.53. The van der Waals surface area contributed by atoms with Crippen LogP contribution in [0.3, 0.4) is 0 Å². The number of ether oxygens (including phenoxy) is 1. The molecule has 1 heterocycles. The molecule has 48 valence electrons. The number of hydrogen-bond acceptors (Lipinski definition) is 1. The molecule has 0 spiro atoms. The molecule has 1 saturated heterocycles. The van der Waals surface area contributed by atoms with Crippen LogP contribution in [0.4, 0.5) is 0 Å². The molecule has 2 unspecified atom stereocenters. The minimum atomic E-state index is 0.485. The van der Waals surface area contributed by atoms with Gasteiger partial charge < -0.3 is 4.74 Å². The van der Waals surface area contributed by atoms with Crippen molar-refractivity contribution in [2.75, 3.05) is 6.61 Å². The first-order valence-electron chi connectivity index (χ1n) is 2.69. The minimum Gasteiger partial charge on any atom is -0.367 e. The van der Waals surface area contributed by atoms with Gasteiger partial charge in [0.1, 0.15) is 4.11 Å². The zero-order valence-electron chi connectivity index (χ0n) is 4.44. The summed E-state index contributed by atoms with van der Waals surface area (Å²) in [6.45, 7) is 0.953. The third-order valence-electron chi connectivity index (χ3n) is 1.16. The Kier molecular flexibility index (Phi) is 3.34. The van der Waals surface area contributed by atoms with Crippen LogP contribution in [0.15, 0.2) is 0 Å². The van der Waals surface area contributed by atoms with Gasteiger partial charge in [0.15, 0.2) is 0 Å². The standard InChI is InChI=1S/C5H8I2O/c6-4-1-2-5(7)8-3-4/h4-5H,1-3H2. The number of halogens is 2. The Morgan fingerprint density at radius 3 is 2.38 bits per heavy atom. The predicted octanol–water partition coefficient (Wildman–Crippen LogP) is 2.36. The summed E-state index contributed by atoms with van der Waals surface area (Å²) >= 11 is 4.78. The van der Waals surface area contributed by atoms with Gasteiger partial charge in [-0.2, -0.15) is 0 Å². The number of hydrogen-bond donors (Lipinski definition) is 0. The summed E-state index contributed by atoms with van der Waals surface area (Å²) in [6.07, 6.45) is 2.56. The zero-order valence-corrected chi connectivity index (χ0v) is 8.76. The van der Waals surface area contributed by atoms with Gasteiger partial charge in [-0.05, 0) is 12.8 Å². The van der Waals surface area contributed by atoms with Gasteiger partial charge in [-0.1, -0.05) is 45.2 Å². The summed E-state index contributed by atoms with van der Waals surface area (Å²) in [5.41, 5.74) is 0. The number of rotatable bonds is 0. The highest BCUT2D eigenvalue weighted by molar-refractivity contribution is 14.1. The van der Waals surface area contributed by atoms with E-state index in [1.807, 2.05) is 0 Å². The van der Waals surface area contributed by atoms with Gasteiger partial charge in [-0.25, -0.2) is 0 Å². The minimum absolute atomic E-state index is 0.485. The summed E-state index contributed by atoms with van der Waals surface area (Å²) in [7, 11) is 0. The van der Waals surface area contributed by atoms with Crippen molar-refractivity contribution in [3.8, 4) is 0 Å². The lowest BCUT2D eigenvalue weighted by atomic mass is 10.2. The maximum absolute atomic E-state index is 5.37. The topological polar surface area (TPSA) is 9.23 Å². The van der Waals surface area contributed by atoms with Gasteiger partial charge in [-0.15, -0.1) is 0 Å². The fourth-order valence-electron chi connectivity index (χ4n) is 0.687. The largest absolute Gasteiger partial charge is 0.367 e. The van der Waals surface area contributed by atoms with Crippen LogP contribution < -0.4 is 0 Å².